The van der Waals surface area contributed by atoms with Gasteiger partial charge in [-0.2, -0.15) is 0 Å². The molecular formula is C9H18N2O7. The van der Waals surface area contributed by atoms with E-state index >= 15 is 0 Å². The van der Waals surface area contributed by atoms with E-state index in [1.165, 1.54) is 6.92 Å². The van der Waals surface area contributed by atoms with Crippen LogP contribution >= 0.6 is 0 Å². The zero-order valence-corrected chi connectivity index (χ0v) is 9.81. The molecule has 0 aliphatic heterocycles. The highest BCUT2D eigenvalue weighted by Crippen LogP contribution is 1.93. The molecule has 8 N–H and O–H groups in total. The molecule has 0 aromatic heterocycles. The van der Waals surface area contributed by atoms with Crippen LogP contribution in [-0.4, -0.2) is 56.5 Å². The second-order valence-electron chi connectivity index (χ2n) is 3.48. The van der Waals surface area contributed by atoms with Crippen LogP contribution in [0.1, 0.15) is 19.8 Å². The molecule has 0 aromatic rings. The maximum Gasteiger partial charge on any atom is 0.323 e. The summed E-state index contributed by atoms with van der Waals surface area (Å²) in [6, 6.07) is -2.22. The van der Waals surface area contributed by atoms with Crippen molar-refractivity contribution in [2.45, 2.75) is 38.0 Å². The summed E-state index contributed by atoms with van der Waals surface area (Å²) in [5.41, 5.74) is 9.91. The number of rotatable bonds is 6. The zero-order chi connectivity index (χ0) is 14.9. The minimum atomic E-state index is -1.18. The van der Waals surface area contributed by atoms with Gasteiger partial charge in [0.1, 0.15) is 12.1 Å². The van der Waals surface area contributed by atoms with Gasteiger partial charge in [0.2, 0.25) is 0 Å². The van der Waals surface area contributed by atoms with Crippen LogP contribution in [0.2, 0.25) is 0 Å². The second-order valence-corrected chi connectivity index (χ2v) is 3.48. The van der Waals surface area contributed by atoms with E-state index in [2.05, 4.69) is 0 Å². The number of hydrogen-bond acceptors (Lipinski definition) is 6. The first kappa shape index (κ1) is 18.6. The number of aliphatic hydroxyl groups is 1. The van der Waals surface area contributed by atoms with Crippen LogP contribution in [0.15, 0.2) is 0 Å². The fourth-order valence-corrected chi connectivity index (χ4v) is 0.609. The molecule has 0 aromatic carbocycles. The standard InChI is InChI=1S/C5H9NO4.C4H9NO3/c6-3(5(9)10)1-2-4(7)8;1-2(6)3(5)4(7)8/h3H,1-2,6H2,(H,7,8)(H,9,10);2-3,6H,5H2,1H3,(H,7,8). The fourth-order valence-electron chi connectivity index (χ4n) is 0.609. The number of hydrogen-bond donors (Lipinski definition) is 6. The topological polar surface area (TPSA) is 184 Å². The summed E-state index contributed by atoms with van der Waals surface area (Å²) < 4.78 is 0. The van der Waals surface area contributed by atoms with E-state index in [9.17, 15) is 14.4 Å². The molecule has 9 nitrogen and oxygen atoms in total. The van der Waals surface area contributed by atoms with Crippen LogP contribution in [0, 0.1) is 0 Å². The molecule has 3 unspecified atom stereocenters. The first-order chi connectivity index (χ1) is 8.09. The van der Waals surface area contributed by atoms with Gasteiger partial charge in [0.05, 0.1) is 6.10 Å². The summed E-state index contributed by atoms with van der Waals surface area (Å²) in [6.07, 6.45) is -1.20. The van der Waals surface area contributed by atoms with E-state index < -0.39 is 36.1 Å². The molecule has 106 valence electrons. The number of nitrogens with two attached hydrogens (primary N) is 2. The minimum Gasteiger partial charge on any atom is -0.481 e. The summed E-state index contributed by atoms with van der Waals surface area (Å²) in [4.78, 5) is 29.7. The molecule has 18 heavy (non-hydrogen) atoms. The molecule has 0 radical (unpaired) electrons. The van der Waals surface area contributed by atoms with Gasteiger partial charge >= 0.3 is 17.9 Å². The van der Waals surface area contributed by atoms with Crippen LogP contribution in [0.25, 0.3) is 0 Å². The van der Waals surface area contributed by atoms with Gasteiger partial charge in [0.25, 0.3) is 0 Å². The van der Waals surface area contributed by atoms with Crippen molar-refractivity contribution in [2.75, 3.05) is 0 Å². The van der Waals surface area contributed by atoms with Crippen LogP contribution < -0.4 is 11.5 Å². The van der Waals surface area contributed by atoms with E-state index in [-0.39, 0.29) is 12.8 Å². The predicted molar refractivity (Wildman–Crippen MR) is 59.8 cm³/mol. The Morgan fingerprint density at radius 3 is 1.67 bits per heavy atom. The molecule has 0 saturated carbocycles. The van der Waals surface area contributed by atoms with Crippen molar-refractivity contribution in [3.8, 4) is 0 Å². The monoisotopic (exact) mass is 266 g/mol. The van der Waals surface area contributed by atoms with E-state index in [1.807, 2.05) is 0 Å². The zero-order valence-electron chi connectivity index (χ0n) is 9.81. The summed E-state index contributed by atoms with van der Waals surface area (Å²) in [5, 5.41) is 32.8. The number of carbonyl (C=O) groups is 3. The lowest BCUT2D eigenvalue weighted by Crippen LogP contribution is -2.39. The number of aliphatic carboxylic acids is 3. The summed E-state index contributed by atoms with van der Waals surface area (Å²) >= 11 is 0. The van der Waals surface area contributed by atoms with Gasteiger partial charge in [-0.25, -0.2) is 0 Å². The Kier molecular flexibility index (Phi) is 9.67. The number of carboxylic acids is 3. The van der Waals surface area contributed by atoms with Crippen molar-refractivity contribution in [3.05, 3.63) is 0 Å². The molecule has 0 amide bonds. The first-order valence-electron chi connectivity index (χ1n) is 4.96. The number of aliphatic hydroxyl groups excluding tert-OH is 1. The Morgan fingerprint density at radius 2 is 1.50 bits per heavy atom. The molecule has 0 rings (SSSR count). The van der Waals surface area contributed by atoms with Crippen LogP contribution in [0.3, 0.4) is 0 Å². The van der Waals surface area contributed by atoms with Gasteiger partial charge in [-0.3, -0.25) is 14.4 Å². The Morgan fingerprint density at radius 1 is 1.06 bits per heavy atom. The smallest absolute Gasteiger partial charge is 0.323 e. The van der Waals surface area contributed by atoms with Crippen molar-refractivity contribution in [1.82, 2.24) is 0 Å². The molecule has 0 spiro atoms. The molecule has 3 atom stereocenters. The first-order valence-corrected chi connectivity index (χ1v) is 4.96. The molecule has 0 fully saturated rings. The molecule has 0 aliphatic rings. The molecular weight excluding hydrogens is 248 g/mol. The van der Waals surface area contributed by atoms with Crippen LogP contribution in [-0.2, 0) is 14.4 Å². The van der Waals surface area contributed by atoms with Gasteiger partial charge in [-0.15, -0.1) is 0 Å². The van der Waals surface area contributed by atoms with Gasteiger partial charge in [-0.1, -0.05) is 0 Å². The highest BCUT2D eigenvalue weighted by molar-refractivity contribution is 5.74. The molecule has 0 aliphatic carbocycles. The molecule has 0 bridgehead atoms. The van der Waals surface area contributed by atoms with E-state index in [0.29, 0.717) is 0 Å². The van der Waals surface area contributed by atoms with Crippen molar-refractivity contribution in [1.29, 1.82) is 0 Å². The SMILES string of the molecule is CC(O)C(N)C(=O)O.NC(CCC(=O)O)C(=O)O. The van der Waals surface area contributed by atoms with E-state index in [0.717, 1.165) is 0 Å². The lowest BCUT2D eigenvalue weighted by Gasteiger charge is -2.06. The molecule has 0 heterocycles. The third kappa shape index (κ3) is 10.8. The van der Waals surface area contributed by atoms with Crippen molar-refractivity contribution < 1.29 is 34.8 Å². The highest BCUT2D eigenvalue weighted by Gasteiger charge is 2.16. The lowest BCUT2D eigenvalue weighted by atomic mass is 10.2. The van der Waals surface area contributed by atoms with Crippen molar-refractivity contribution >= 4 is 17.9 Å². The Hall–Kier alpha value is -1.71. The third-order valence-corrected chi connectivity index (χ3v) is 1.79. The van der Waals surface area contributed by atoms with Crippen LogP contribution in [0.5, 0.6) is 0 Å². The third-order valence-electron chi connectivity index (χ3n) is 1.79. The van der Waals surface area contributed by atoms with Crippen molar-refractivity contribution in [3.63, 3.8) is 0 Å². The van der Waals surface area contributed by atoms with Gasteiger partial charge in [0, 0.05) is 6.42 Å². The quantitative estimate of drug-likeness (QED) is 0.317. The Bertz CT molecular complexity index is 293. The average Bonchev–Trinajstić information content (AvgIpc) is 2.24. The van der Waals surface area contributed by atoms with Gasteiger partial charge < -0.3 is 31.9 Å². The largest absolute Gasteiger partial charge is 0.481 e. The normalized spacial score (nSPS) is 14.7. The maximum atomic E-state index is 9.99. The fraction of sp³-hybridized carbons (Fsp3) is 0.667. The summed E-state index contributed by atoms with van der Waals surface area (Å²) in [6.45, 7) is 1.33. The van der Waals surface area contributed by atoms with E-state index in [1.54, 1.807) is 0 Å². The molecule has 9 heteroatoms. The average molecular weight is 266 g/mol. The van der Waals surface area contributed by atoms with Gasteiger partial charge in [-0.05, 0) is 13.3 Å². The summed E-state index contributed by atoms with van der Waals surface area (Å²) in [7, 11) is 0. The van der Waals surface area contributed by atoms with E-state index in [4.69, 9.17) is 31.9 Å². The number of carboxylic acid groups (broad SMARTS) is 3. The Labute approximate surface area is 103 Å². The maximum absolute atomic E-state index is 9.99. The Balaban J connectivity index is 0. The van der Waals surface area contributed by atoms with Crippen LogP contribution in [0.4, 0.5) is 0 Å². The molecule has 0 saturated heterocycles. The summed E-state index contributed by atoms with van der Waals surface area (Å²) in [5.74, 6) is -3.38. The van der Waals surface area contributed by atoms with Crippen molar-refractivity contribution in [2.24, 2.45) is 11.5 Å². The van der Waals surface area contributed by atoms with Gasteiger partial charge in [0.15, 0.2) is 0 Å². The second kappa shape index (κ2) is 9.33. The minimum absolute atomic E-state index is 0.0231. The lowest BCUT2D eigenvalue weighted by molar-refractivity contribution is -0.141. The predicted octanol–water partition coefficient (Wildman–Crippen LogP) is -1.96. The highest BCUT2D eigenvalue weighted by atomic mass is 16.4.